The minimum Gasteiger partial charge on any atom is -0.337 e. The van der Waals surface area contributed by atoms with Gasteiger partial charge in [-0.15, -0.1) is 11.3 Å². The molecule has 2 aromatic rings. The maximum atomic E-state index is 12.1. The molecule has 94 valence electrons. The normalized spacial score (nSPS) is 10.3. The van der Waals surface area contributed by atoms with Crippen molar-refractivity contribution in [2.24, 2.45) is 0 Å². The predicted octanol–water partition coefficient (Wildman–Crippen LogP) is 2.47. The van der Waals surface area contributed by atoms with Crippen LogP contribution in [0.5, 0.6) is 0 Å². The fraction of sp³-hybridized carbons (Fsp3) is 0.167. The topological polar surface area (TPSA) is 53.2 Å². The molecule has 0 aromatic carbocycles. The Bertz CT molecular complexity index is 620. The second-order valence-corrected chi connectivity index (χ2v) is 6.15. The predicted molar refractivity (Wildman–Crippen MR) is 74.9 cm³/mol. The van der Waals surface area contributed by atoms with Crippen molar-refractivity contribution in [3.8, 4) is 0 Å². The molecule has 2 aromatic heterocycles. The zero-order chi connectivity index (χ0) is 13.1. The first-order valence-corrected chi connectivity index (χ1v) is 6.90. The van der Waals surface area contributed by atoms with E-state index in [1.165, 1.54) is 12.3 Å². The molecule has 0 atom stereocenters. The van der Waals surface area contributed by atoms with E-state index in [2.05, 4.69) is 20.9 Å². The fourth-order valence-electron chi connectivity index (χ4n) is 1.57. The number of nitrogens with zero attached hydrogens (tertiary/aromatic N) is 1. The Balaban J connectivity index is 2.11. The number of H-pyrrole nitrogens is 1. The van der Waals surface area contributed by atoms with Crippen LogP contribution in [0.15, 0.2) is 38.4 Å². The smallest absolute Gasteiger partial charge is 0.254 e. The maximum Gasteiger partial charge on any atom is 0.254 e. The minimum absolute atomic E-state index is 0.163. The summed E-state index contributed by atoms with van der Waals surface area (Å²) in [6.45, 7) is 0.522. The summed E-state index contributed by atoms with van der Waals surface area (Å²) in [7, 11) is 1.72. The van der Waals surface area contributed by atoms with Gasteiger partial charge in [0.25, 0.3) is 5.91 Å². The zero-order valence-corrected chi connectivity index (χ0v) is 12.0. The Morgan fingerprint density at radius 2 is 2.28 bits per heavy atom. The Morgan fingerprint density at radius 1 is 1.50 bits per heavy atom. The number of hydrogen-bond donors (Lipinski definition) is 1. The van der Waals surface area contributed by atoms with Gasteiger partial charge in [0, 0.05) is 31.4 Å². The molecule has 2 rings (SSSR count). The van der Waals surface area contributed by atoms with Gasteiger partial charge in [-0.05, 0) is 39.0 Å². The lowest BCUT2D eigenvalue weighted by atomic mass is 10.2. The first-order chi connectivity index (χ1) is 8.56. The van der Waals surface area contributed by atoms with E-state index >= 15 is 0 Å². The molecule has 0 spiro atoms. The van der Waals surface area contributed by atoms with E-state index in [0.29, 0.717) is 12.1 Å². The summed E-state index contributed by atoms with van der Waals surface area (Å²) in [5, 5.41) is 1.99. The maximum absolute atomic E-state index is 12.1. The van der Waals surface area contributed by atoms with E-state index < -0.39 is 0 Å². The van der Waals surface area contributed by atoms with E-state index in [0.717, 1.165) is 9.35 Å². The number of amides is 1. The summed E-state index contributed by atoms with van der Waals surface area (Å²) >= 11 is 4.96. The first-order valence-electron chi connectivity index (χ1n) is 5.23. The third-order valence-corrected chi connectivity index (χ3v) is 3.96. The molecule has 1 N–H and O–H groups in total. The molecule has 0 unspecified atom stereocenters. The van der Waals surface area contributed by atoms with Gasteiger partial charge >= 0.3 is 0 Å². The Kier molecular flexibility index (Phi) is 3.98. The lowest BCUT2D eigenvalue weighted by Crippen LogP contribution is -2.27. The molecule has 0 radical (unpaired) electrons. The van der Waals surface area contributed by atoms with E-state index in [-0.39, 0.29) is 11.5 Å². The van der Waals surface area contributed by atoms with E-state index in [9.17, 15) is 9.59 Å². The van der Waals surface area contributed by atoms with Crippen LogP contribution in [0, 0.1) is 0 Å². The standard InChI is InChI=1S/C12H11BrN2O2S/c1-15(6-8-4-10(13)18-7-8)12(17)9-2-3-14-11(16)5-9/h2-5,7H,6H2,1H3,(H,14,16). The third kappa shape index (κ3) is 3.08. The Morgan fingerprint density at radius 3 is 2.89 bits per heavy atom. The Hall–Kier alpha value is -1.40. The van der Waals surface area contributed by atoms with Crippen LogP contribution in [0.2, 0.25) is 0 Å². The summed E-state index contributed by atoms with van der Waals surface area (Å²) in [6, 6.07) is 4.89. The van der Waals surface area contributed by atoms with Crippen molar-refractivity contribution in [3.05, 3.63) is 55.0 Å². The van der Waals surface area contributed by atoms with Gasteiger partial charge in [-0.3, -0.25) is 9.59 Å². The average molecular weight is 327 g/mol. The summed E-state index contributed by atoms with van der Waals surface area (Å²) < 4.78 is 1.04. The molecule has 0 saturated heterocycles. The highest BCUT2D eigenvalue weighted by molar-refractivity contribution is 9.11. The molecule has 0 fully saturated rings. The SMILES string of the molecule is CN(Cc1csc(Br)c1)C(=O)c1cc[nH]c(=O)c1. The highest BCUT2D eigenvalue weighted by Gasteiger charge is 2.12. The van der Waals surface area contributed by atoms with Crippen LogP contribution in [0.25, 0.3) is 0 Å². The summed E-state index contributed by atoms with van der Waals surface area (Å²) in [6.07, 6.45) is 1.48. The van der Waals surface area contributed by atoms with Gasteiger partial charge in [0.1, 0.15) is 0 Å². The molecular weight excluding hydrogens is 316 g/mol. The van der Waals surface area contributed by atoms with Crippen molar-refractivity contribution in [3.63, 3.8) is 0 Å². The average Bonchev–Trinajstić information content (AvgIpc) is 2.73. The summed E-state index contributed by atoms with van der Waals surface area (Å²) in [5.41, 5.74) is 1.19. The van der Waals surface area contributed by atoms with Crippen LogP contribution in [-0.4, -0.2) is 22.8 Å². The molecular formula is C12H11BrN2O2S. The summed E-state index contributed by atoms with van der Waals surface area (Å²) in [4.78, 5) is 27.3. The first kappa shape index (κ1) is 13.0. The van der Waals surface area contributed by atoms with Crippen molar-refractivity contribution in [1.29, 1.82) is 0 Å². The molecule has 0 bridgehead atoms. The van der Waals surface area contributed by atoms with Crippen molar-refractivity contribution in [1.82, 2.24) is 9.88 Å². The molecule has 2 heterocycles. The molecule has 18 heavy (non-hydrogen) atoms. The monoisotopic (exact) mass is 326 g/mol. The second-order valence-electron chi connectivity index (χ2n) is 3.86. The molecule has 4 nitrogen and oxygen atoms in total. The largest absolute Gasteiger partial charge is 0.337 e. The van der Waals surface area contributed by atoms with Crippen molar-refractivity contribution < 1.29 is 4.79 Å². The van der Waals surface area contributed by atoms with Gasteiger partial charge in [0.15, 0.2) is 0 Å². The molecule has 6 heteroatoms. The number of rotatable bonds is 3. The number of carbonyl (C=O) groups excluding carboxylic acids is 1. The van der Waals surface area contributed by atoms with Crippen LogP contribution in [0.1, 0.15) is 15.9 Å². The minimum atomic E-state index is -0.271. The van der Waals surface area contributed by atoms with Crippen LogP contribution in [-0.2, 0) is 6.54 Å². The third-order valence-electron chi connectivity index (χ3n) is 2.41. The lowest BCUT2D eigenvalue weighted by Gasteiger charge is -2.16. The van der Waals surface area contributed by atoms with Gasteiger partial charge in [-0.2, -0.15) is 0 Å². The van der Waals surface area contributed by atoms with Crippen molar-refractivity contribution in [2.75, 3.05) is 7.05 Å². The zero-order valence-electron chi connectivity index (χ0n) is 9.64. The number of pyridine rings is 1. The lowest BCUT2D eigenvalue weighted by molar-refractivity contribution is 0.0785. The van der Waals surface area contributed by atoms with Crippen LogP contribution < -0.4 is 5.56 Å². The van der Waals surface area contributed by atoms with Crippen LogP contribution in [0.3, 0.4) is 0 Å². The van der Waals surface area contributed by atoms with Crippen LogP contribution >= 0.6 is 27.3 Å². The van der Waals surface area contributed by atoms with Crippen LogP contribution in [0.4, 0.5) is 0 Å². The number of aromatic nitrogens is 1. The highest BCUT2D eigenvalue weighted by atomic mass is 79.9. The van der Waals surface area contributed by atoms with Gasteiger partial charge in [0.05, 0.1) is 3.79 Å². The number of nitrogens with one attached hydrogen (secondary N) is 1. The molecule has 0 saturated carbocycles. The summed E-state index contributed by atoms with van der Waals surface area (Å²) in [5.74, 6) is -0.163. The van der Waals surface area contributed by atoms with E-state index in [1.54, 1.807) is 29.4 Å². The van der Waals surface area contributed by atoms with Crippen molar-refractivity contribution >= 4 is 33.2 Å². The number of carbonyl (C=O) groups is 1. The van der Waals surface area contributed by atoms with Gasteiger partial charge in [-0.1, -0.05) is 0 Å². The highest BCUT2D eigenvalue weighted by Crippen LogP contribution is 2.21. The van der Waals surface area contributed by atoms with Gasteiger partial charge in [-0.25, -0.2) is 0 Å². The molecule has 0 aliphatic rings. The van der Waals surface area contributed by atoms with E-state index in [1.807, 2.05) is 11.4 Å². The number of hydrogen-bond acceptors (Lipinski definition) is 3. The fourth-order valence-corrected chi connectivity index (χ4v) is 2.77. The second kappa shape index (κ2) is 5.49. The number of halogens is 1. The molecule has 1 amide bonds. The van der Waals surface area contributed by atoms with Gasteiger partial charge < -0.3 is 9.88 Å². The van der Waals surface area contributed by atoms with Gasteiger partial charge in [0.2, 0.25) is 5.56 Å². The number of aromatic amines is 1. The quantitative estimate of drug-likeness (QED) is 0.942. The molecule has 0 aliphatic heterocycles. The molecule has 0 aliphatic carbocycles. The van der Waals surface area contributed by atoms with Crippen molar-refractivity contribution in [2.45, 2.75) is 6.54 Å². The Labute approximate surface area is 116 Å². The van der Waals surface area contributed by atoms with E-state index in [4.69, 9.17) is 0 Å². The number of thiophene rings is 1.